The highest BCUT2D eigenvalue weighted by molar-refractivity contribution is 7.90. The molecule has 0 saturated carbocycles. The zero-order chi connectivity index (χ0) is 20.3. The first kappa shape index (κ1) is 20.8. The van der Waals surface area contributed by atoms with Crippen LogP contribution >= 0.6 is 11.6 Å². The summed E-state index contributed by atoms with van der Waals surface area (Å²) in [7, 11) is -3.37. The summed E-state index contributed by atoms with van der Waals surface area (Å²) in [6.07, 6.45) is 5.86. The second-order valence-electron chi connectivity index (χ2n) is 7.30. The van der Waals surface area contributed by atoms with Crippen LogP contribution in [-0.4, -0.2) is 27.1 Å². The van der Waals surface area contributed by atoms with E-state index in [4.69, 9.17) is 11.6 Å². The first-order chi connectivity index (χ1) is 13.2. The maximum atomic E-state index is 12.3. The minimum atomic E-state index is -3.37. The van der Waals surface area contributed by atoms with Gasteiger partial charge < -0.3 is 10.6 Å². The van der Waals surface area contributed by atoms with Crippen LogP contribution in [0.2, 0.25) is 5.02 Å². The van der Waals surface area contributed by atoms with Gasteiger partial charge in [0.15, 0.2) is 9.84 Å². The molecule has 2 aromatic carbocycles. The molecule has 0 heterocycles. The van der Waals surface area contributed by atoms with E-state index in [0.29, 0.717) is 5.02 Å². The molecule has 1 aliphatic carbocycles. The minimum Gasteiger partial charge on any atom is -0.324 e. The van der Waals surface area contributed by atoms with E-state index in [1.54, 1.807) is 0 Å². The molecule has 0 radical (unpaired) electrons. The lowest BCUT2D eigenvalue weighted by atomic mass is 9.89. The highest BCUT2D eigenvalue weighted by Gasteiger charge is 2.15. The molecule has 0 aromatic heterocycles. The molecule has 1 amide bonds. The van der Waals surface area contributed by atoms with Crippen LogP contribution in [0.15, 0.2) is 41.3 Å². The van der Waals surface area contributed by atoms with Crippen molar-refractivity contribution in [2.45, 2.75) is 43.5 Å². The average molecular weight is 421 g/mol. The van der Waals surface area contributed by atoms with E-state index in [9.17, 15) is 13.2 Å². The number of anilines is 1. The maximum Gasteiger partial charge on any atom is 0.238 e. The van der Waals surface area contributed by atoms with Gasteiger partial charge in [-0.25, -0.2) is 8.42 Å². The van der Waals surface area contributed by atoms with Crippen LogP contribution in [0, 0.1) is 0 Å². The molecule has 28 heavy (non-hydrogen) atoms. The number of hydrogen-bond donors (Lipinski definition) is 2. The quantitative estimate of drug-likeness (QED) is 0.742. The first-order valence-electron chi connectivity index (χ1n) is 9.38. The van der Waals surface area contributed by atoms with Gasteiger partial charge in [0.05, 0.1) is 22.2 Å². The van der Waals surface area contributed by atoms with Gasteiger partial charge >= 0.3 is 0 Å². The number of benzene rings is 2. The summed E-state index contributed by atoms with van der Waals surface area (Å²) in [5.74, 6) is -0.280. The van der Waals surface area contributed by atoms with Gasteiger partial charge in [0.1, 0.15) is 0 Å². The highest BCUT2D eigenvalue weighted by atomic mass is 35.5. The molecule has 5 nitrogen and oxygen atoms in total. The van der Waals surface area contributed by atoms with Crippen LogP contribution in [0.25, 0.3) is 0 Å². The molecule has 2 N–H and O–H groups in total. The van der Waals surface area contributed by atoms with Gasteiger partial charge in [0.2, 0.25) is 5.91 Å². The fourth-order valence-corrected chi connectivity index (χ4v) is 4.22. The Morgan fingerprint density at radius 1 is 1.11 bits per heavy atom. The topological polar surface area (TPSA) is 75.3 Å². The third-order valence-electron chi connectivity index (χ3n) is 5.08. The number of rotatable bonds is 6. The van der Waals surface area contributed by atoms with Gasteiger partial charge in [-0.2, -0.15) is 0 Å². The van der Waals surface area contributed by atoms with Crippen LogP contribution in [0.3, 0.4) is 0 Å². The Kier molecular flexibility index (Phi) is 6.43. The number of halogens is 1. The van der Waals surface area contributed by atoms with Gasteiger partial charge in [-0.05, 0) is 67.5 Å². The van der Waals surface area contributed by atoms with Gasteiger partial charge in [0, 0.05) is 12.3 Å². The lowest BCUT2D eigenvalue weighted by Crippen LogP contribution is -2.30. The fourth-order valence-electron chi connectivity index (χ4n) is 3.41. The van der Waals surface area contributed by atoms with Crippen molar-refractivity contribution in [3.8, 4) is 0 Å². The van der Waals surface area contributed by atoms with Crippen molar-refractivity contribution >= 4 is 33.0 Å². The molecule has 0 aliphatic heterocycles. The molecular formula is C21H25ClN2O3S. The summed E-state index contributed by atoms with van der Waals surface area (Å²) in [4.78, 5) is 12.4. The number of sulfone groups is 1. The number of carbonyl (C=O) groups is 1. The summed E-state index contributed by atoms with van der Waals surface area (Å²) in [5, 5.41) is 6.19. The SMILES string of the molecule is CC(NCC(=O)Nc1cc(S(C)(=O)=O)ccc1Cl)c1ccc2c(c1)CCCC2. The summed E-state index contributed by atoms with van der Waals surface area (Å²) in [5.41, 5.74) is 4.29. The van der Waals surface area contributed by atoms with E-state index in [2.05, 4.69) is 28.8 Å². The Bertz CT molecular complexity index is 989. The van der Waals surface area contributed by atoms with E-state index >= 15 is 0 Å². The molecule has 1 atom stereocenters. The molecule has 0 spiro atoms. The van der Waals surface area contributed by atoms with Crippen LogP contribution in [0.5, 0.6) is 0 Å². The number of aryl methyl sites for hydroxylation is 2. The van der Waals surface area contributed by atoms with Crippen molar-refractivity contribution in [1.29, 1.82) is 0 Å². The summed E-state index contributed by atoms with van der Waals surface area (Å²) >= 11 is 6.09. The average Bonchev–Trinajstić information content (AvgIpc) is 2.66. The highest BCUT2D eigenvalue weighted by Crippen LogP contribution is 2.26. The fraction of sp³-hybridized carbons (Fsp3) is 0.381. The number of hydrogen-bond acceptors (Lipinski definition) is 4. The first-order valence-corrected chi connectivity index (χ1v) is 11.7. The van der Waals surface area contributed by atoms with Gasteiger partial charge in [-0.15, -0.1) is 0 Å². The van der Waals surface area contributed by atoms with Crippen molar-refractivity contribution in [3.63, 3.8) is 0 Å². The Morgan fingerprint density at radius 3 is 2.54 bits per heavy atom. The van der Waals surface area contributed by atoms with Crippen LogP contribution in [-0.2, 0) is 27.5 Å². The van der Waals surface area contributed by atoms with Gasteiger partial charge in [-0.1, -0.05) is 29.8 Å². The standard InChI is InChI=1S/C21H25ClN2O3S/c1-14(16-8-7-15-5-3-4-6-17(15)11-16)23-13-21(25)24-20-12-18(28(2,26)27)9-10-19(20)22/h7-12,14,23H,3-6,13H2,1-2H3,(H,24,25). The number of nitrogens with one attached hydrogen (secondary N) is 2. The van der Waals surface area contributed by atoms with Crippen LogP contribution in [0.4, 0.5) is 5.69 Å². The Balaban J connectivity index is 1.61. The minimum absolute atomic E-state index is 0.0239. The Hall–Kier alpha value is -1.89. The zero-order valence-electron chi connectivity index (χ0n) is 16.1. The second-order valence-corrected chi connectivity index (χ2v) is 9.72. The summed E-state index contributed by atoms with van der Waals surface area (Å²) < 4.78 is 23.4. The molecule has 0 fully saturated rings. The van der Waals surface area contributed by atoms with Crippen molar-refractivity contribution < 1.29 is 13.2 Å². The molecular weight excluding hydrogens is 396 g/mol. The van der Waals surface area contributed by atoms with Crippen molar-refractivity contribution in [2.75, 3.05) is 18.1 Å². The number of carbonyl (C=O) groups excluding carboxylic acids is 1. The van der Waals surface area contributed by atoms with E-state index in [0.717, 1.165) is 24.7 Å². The molecule has 1 aliphatic rings. The number of fused-ring (bicyclic) bond motifs is 1. The van der Waals surface area contributed by atoms with Gasteiger partial charge in [-0.3, -0.25) is 4.79 Å². The molecule has 7 heteroatoms. The predicted octanol–water partition coefficient (Wildman–Crippen LogP) is 3.91. The smallest absolute Gasteiger partial charge is 0.238 e. The third kappa shape index (κ3) is 5.13. The summed E-state index contributed by atoms with van der Waals surface area (Å²) in [6, 6.07) is 10.8. The van der Waals surface area contributed by atoms with Gasteiger partial charge in [0.25, 0.3) is 0 Å². The maximum absolute atomic E-state index is 12.3. The van der Waals surface area contributed by atoms with Crippen molar-refractivity contribution in [2.24, 2.45) is 0 Å². The van der Waals surface area contributed by atoms with E-state index in [1.165, 1.54) is 42.2 Å². The van der Waals surface area contributed by atoms with E-state index < -0.39 is 9.84 Å². The number of amides is 1. The summed E-state index contributed by atoms with van der Waals surface area (Å²) in [6.45, 7) is 2.12. The third-order valence-corrected chi connectivity index (χ3v) is 6.52. The van der Waals surface area contributed by atoms with Crippen molar-refractivity contribution in [1.82, 2.24) is 5.32 Å². The normalized spacial score (nSPS) is 15.0. The molecule has 2 aromatic rings. The second kappa shape index (κ2) is 8.64. The lowest BCUT2D eigenvalue weighted by Gasteiger charge is -2.20. The Morgan fingerprint density at radius 2 is 1.82 bits per heavy atom. The van der Waals surface area contributed by atoms with Crippen LogP contribution < -0.4 is 10.6 Å². The van der Waals surface area contributed by atoms with E-state index in [1.807, 2.05) is 6.92 Å². The molecule has 1 unspecified atom stereocenters. The molecule has 150 valence electrons. The molecule has 0 bridgehead atoms. The predicted molar refractivity (Wildman–Crippen MR) is 113 cm³/mol. The van der Waals surface area contributed by atoms with Crippen LogP contribution in [0.1, 0.15) is 42.5 Å². The van der Waals surface area contributed by atoms with Crippen molar-refractivity contribution in [3.05, 3.63) is 58.1 Å². The monoisotopic (exact) mass is 420 g/mol. The Labute approximate surface area is 171 Å². The largest absolute Gasteiger partial charge is 0.324 e. The van der Waals surface area contributed by atoms with E-state index in [-0.39, 0.29) is 29.1 Å². The molecule has 3 rings (SSSR count). The zero-order valence-corrected chi connectivity index (χ0v) is 17.7. The lowest BCUT2D eigenvalue weighted by molar-refractivity contribution is -0.115. The molecule has 0 saturated heterocycles.